The summed E-state index contributed by atoms with van der Waals surface area (Å²) in [6.07, 6.45) is 0. The van der Waals surface area contributed by atoms with Crippen molar-refractivity contribution in [2.24, 2.45) is 0 Å². The van der Waals surface area contributed by atoms with Gasteiger partial charge in [-0.1, -0.05) is 117 Å². The van der Waals surface area contributed by atoms with Gasteiger partial charge in [-0.2, -0.15) is 0 Å². The molecule has 2 aromatic heterocycles. The van der Waals surface area contributed by atoms with E-state index in [1.165, 1.54) is 37.9 Å². The summed E-state index contributed by atoms with van der Waals surface area (Å²) >= 11 is 0. The van der Waals surface area contributed by atoms with E-state index >= 15 is 0 Å². The van der Waals surface area contributed by atoms with Crippen LogP contribution in [0.5, 0.6) is 0 Å². The molecule has 0 spiro atoms. The minimum Gasteiger partial charge on any atom is -0.455 e. The Hall–Kier alpha value is -4.95. The van der Waals surface area contributed by atoms with Crippen LogP contribution in [0.4, 0.5) is 0 Å². The molecule has 0 amide bonds. The third kappa shape index (κ3) is 3.39. The number of hydrogen-bond acceptors (Lipinski definition) is 2. The van der Waals surface area contributed by atoms with Gasteiger partial charge in [-0.25, -0.2) is 4.98 Å². The van der Waals surface area contributed by atoms with Crippen LogP contribution in [0.1, 0.15) is 25.3 Å². The number of hydrogen-bond donors (Lipinski definition) is 0. The van der Waals surface area contributed by atoms with Crippen molar-refractivity contribution < 1.29 is 4.42 Å². The number of benzene rings is 6. The van der Waals surface area contributed by atoms with Gasteiger partial charge in [-0.15, -0.1) is 0 Å². The van der Waals surface area contributed by atoms with Crippen molar-refractivity contribution in [3.8, 4) is 22.4 Å². The van der Waals surface area contributed by atoms with Crippen molar-refractivity contribution in [1.82, 2.24) is 4.98 Å². The van der Waals surface area contributed by atoms with Crippen molar-refractivity contribution >= 4 is 54.4 Å². The number of para-hydroxylation sites is 2. The van der Waals surface area contributed by atoms with E-state index in [2.05, 4.69) is 135 Å². The fourth-order valence-corrected chi connectivity index (χ4v) is 6.29. The van der Waals surface area contributed by atoms with E-state index in [1.54, 1.807) is 0 Å². The fraction of sp³-hybridized carbons (Fsp3) is 0.0789. The molecule has 0 aliphatic heterocycles. The zero-order valence-corrected chi connectivity index (χ0v) is 22.5. The van der Waals surface area contributed by atoms with Gasteiger partial charge < -0.3 is 4.42 Å². The standard InChI is InChI=1S/C38H27NO/c1-23(2)26-16-8-18-33-34-19-9-17-27(38(34)40-37(26)33)24-10-7-11-25(22-24)35-21-20-32-30-14-4-3-12-28(30)29-13-5-6-15-31(29)36(32)39-35/h3-23H,1-2H3. The van der Waals surface area contributed by atoms with Gasteiger partial charge in [-0.3, -0.25) is 0 Å². The topological polar surface area (TPSA) is 26.0 Å². The van der Waals surface area contributed by atoms with Crippen LogP contribution in [0.2, 0.25) is 0 Å². The van der Waals surface area contributed by atoms with E-state index in [1.807, 2.05) is 0 Å². The van der Waals surface area contributed by atoms with Crippen LogP contribution in [0, 0.1) is 0 Å². The number of rotatable bonds is 3. The van der Waals surface area contributed by atoms with Crippen LogP contribution in [0.15, 0.2) is 126 Å². The predicted molar refractivity (Wildman–Crippen MR) is 169 cm³/mol. The first kappa shape index (κ1) is 23.0. The molecule has 0 bridgehead atoms. The Morgan fingerprint density at radius 1 is 0.500 bits per heavy atom. The Morgan fingerprint density at radius 3 is 1.82 bits per heavy atom. The molecule has 190 valence electrons. The number of furan rings is 1. The molecule has 40 heavy (non-hydrogen) atoms. The lowest BCUT2D eigenvalue weighted by atomic mass is 9.96. The fourth-order valence-electron chi connectivity index (χ4n) is 6.29. The van der Waals surface area contributed by atoms with E-state index in [-0.39, 0.29) is 0 Å². The van der Waals surface area contributed by atoms with Crippen molar-refractivity contribution in [2.75, 3.05) is 0 Å². The lowest BCUT2D eigenvalue weighted by Gasteiger charge is -2.12. The molecule has 0 N–H and O–H groups in total. The number of aromatic nitrogens is 1. The van der Waals surface area contributed by atoms with Gasteiger partial charge in [0.05, 0.1) is 11.2 Å². The molecule has 0 aliphatic rings. The Bertz CT molecular complexity index is 2220. The molecular formula is C38H27NO. The highest BCUT2D eigenvalue weighted by atomic mass is 16.3. The van der Waals surface area contributed by atoms with Gasteiger partial charge in [0, 0.05) is 32.7 Å². The molecule has 2 heteroatoms. The van der Waals surface area contributed by atoms with Gasteiger partial charge in [0.2, 0.25) is 0 Å². The Labute approximate surface area is 232 Å². The second-order valence-electron chi connectivity index (χ2n) is 10.9. The van der Waals surface area contributed by atoms with E-state index in [4.69, 9.17) is 9.40 Å². The third-order valence-corrected chi connectivity index (χ3v) is 8.23. The predicted octanol–water partition coefficient (Wildman–Crippen LogP) is 10.9. The minimum absolute atomic E-state index is 0.392. The molecule has 0 aliphatic carbocycles. The minimum atomic E-state index is 0.392. The Morgan fingerprint density at radius 2 is 1.07 bits per heavy atom. The van der Waals surface area contributed by atoms with Crippen LogP contribution in [0.25, 0.3) is 76.8 Å². The number of nitrogens with zero attached hydrogens (tertiary/aromatic N) is 1. The van der Waals surface area contributed by atoms with Crippen LogP contribution in [-0.4, -0.2) is 4.98 Å². The summed E-state index contributed by atoms with van der Waals surface area (Å²) in [4.78, 5) is 5.26. The summed E-state index contributed by atoms with van der Waals surface area (Å²) in [6, 6.07) is 43.2. The normalized spacial score (nSPS) is 12.0. The summed E-state index contributed by atoms with van der Waals surface area (Å²) in [5, 5.41) is 8.44. The molecule has 0 saturated heterocycles. The summed E-state index contributed by atoms with van der Waals surface area (Å²) < 4.78 is 6.61. The Kier molecular flexibility index (Phi) is 5.05. The van der Waals surface area contributed by atoms with E-state index in [0.717, 1.165) is 44.5 Å². The monoisotopic (exact) mass is 513 g/mol. The highest BCUT2D eigenvalue weighted by molar-refractivity contribution is 6.24. The van der Waals surface area contributed by atoms with Crippen molar-refractivity contribution in [2.45, 2.75) is 19.8 Å². The molecule has 2 nitrogen and oxygen atoms in total. The SMILES string of the molecule is CC(C)c1cccc2c1oc1c(-c3cccc(-c4ccc5c6ccccc6c6ccccc6c5n4)c3)cccc12. The maximum atomic E-state index is 6.61. The molecule has 8 rings (SSSR count). The molecule has 2 heterocycles. The van der Waals surface area contributed by atoms with E-state index < -0.39 is 0 Å². The molecule has 0 radical (unpaired) electrons. The molecule has 6 aromatic carbocycles. The lowest BCUT2D eigenvalue weighted by Crippen LogP contribution is -1.90. The van der Waals surface area contributed by atoms with Crippen molar-refractivity contribution in [3.05, 3.63) is 127 Å². The molecule has 0 unspecified atom stereocenters. The van der Waals surface area contributed by atoms with Gasteiger partial charge in [0.15, 0.2) is 0 Å². The largest absolute Gasteiger partial charge is 0.455 e. The van der Waals surface area contributed by atoms with Gasteiger partial charge >= 0.3 is 0 Å². The summed E-state index contributed by atoms with van der Waals surface area (Å²) in [6.45, 7) is 4.43. The van der Waals surface area contributed by atoms with E-state index in [0.29, 0.717) is 5.92 Å². The highest BCUT2D eigenvalue weighted by Gasteiger charge is 2.17. The average molecular weight is 514 g/mol. The second kappa shape index (κ2) is 8.79. The highest BCUT2D eigenvalue weighted by Crippen LogP contribution is 2.40. The van der Waals surface area contributed by atoms with Crippen molar-refractivity contribution in [3.63, 3.8) is 0 Å². The molecule has 0 saturated carbocycles. The lowest BCUT2D eigenvalue weighted by molar-refractivity contribution is 0.658. The average Bonchev–Trinajstić information content (AvgIpc) is 3.40. The quantitative estimate of drug-likeness (QED) is 0.220. The van der Waals surface area contributed by atoms with Crippen LogP contribution in [0.3, 0.4) is 0 Å². The first-order chi connectivity index (χ1) is 19.7. The molecule has 8 aromatic rings. The van der Waals surface area contributed by atoms with Gasteiger partial charge in [0.25, 0.3) is 0 Å². The third-order valence-electron chi connectivity index (χ3n) is 8.23. The van der Waals surface area contributed by atoms with Crippen LogP contribution in [-0.2, 0) is 0 Å². The van der Waals surface area contributed by atoms with E-state index in [9.17, 15) is 0 Å². The molecule has 0 atom stereocenters. The molecular weight excluding hydrogens is 486 g/mol. The first-order valence-electron chi connectivity index (χ1n) is 13.9. The van der Waals surface area contributed by atoms with Gasteiger partial charge in [0.1, 0.15) is 11.2 Å². The first-order valence-corrected chi connectivity index (χ1v) is 13.9. The van der Waals surface area contributed by atoms with Crippen molar-refractivity contribution in [1.29, 1.82) is 0 Å². The summed E-state index contributed by atoms with van der Waals surface area (Å²) in [7, 11) is 0. The summed E-state index contributed by atoms with van der Waals surface area (Å²) in [5.74, 6) is 0.392. The molecule has 0 fully saturated rings. The number of fused-ring (bicyclic) bond motifs is 9. The maximum absolute atomic E-state index is 6.61. The van der Waals surface area contributed by atoms with Gasteiger partial charge in [-0.05, 0) is 51.4 Å². The zero-order valence-electron chi connectivity index (χ0n) is 22.5. The summed E-state index contributed by atoms with van der Waals surface area (Å²) in [5.41, 5.74) is 8.49. The zero-order chi connectivity index (χ0) is 26.8. The smallest absolute Gasteiger partial charge is 0.143 e. The number of pyridine rings is 1. The van der Waals surface area contributed by atoms with Crippen LogP contribution < -0.4 is 0 Å². The second-order valence-corrected chi connectivity index (χ2v) is 10.9. The maximum Gasteiger partial charge on any atom is 0.143 e. The Balaban J connectivity index is 1.32. The van der Waals surface area contributed by atoms with Crippen LogP contribution >= 0.6 is 0 Å².